The van der Waals surface area contributed by atoms with E-state index in [1.807, 2.05) is 12.3 Å². The van der Waals surface area contributed by atoms with E-state index in [0.29, 0.717) is 6.04 Å². The fourth-order valence-electron chi connectivity index (χ4n) is 2.28. The van der Waals surface area contributed by atoms with Crippen LogP contribution >= 0.6 is 0 Å². The summed E-state index contributed by atoms with van der Waals surface area (Å²) in [5, 5.41) is 3.63. The SMILES string of the molecule is CCN(CCNC(C)C1CC1)Cc1ccccn1. The topological polar surface area (TPSA) is 28.2 Å². The van der Waals surface area contributed by atoms with E-state index >= 15 is 0 Å². The quantitative estimate of drug-likeness (QED) is 0.764. The van der Waals surface area contributed by atoms with Gasteiger partial charge in [0.1, 0.15) is 0 Å². The Morgan fingerprint density at radius 3 is 2.89 bits per heavy atom. The first kappa shape index (κ1) is 13.5. The molecule has 1 aliphatic carbocycles. The second-order valence-electron chi connectivity index (χ2n) is 5.27. The molecule has 1 atom stereocenters. The molecule has 0 bridgehead atoms. The number of hydrogen-bond acceptors (Lipinski definition) is 3. The lowest BCUT2D eigenvalue weighted by molar-refractivity contribution is 0.270. The van der Waals surface area contributed by atoms with Gasteiger partial charge in [0.25, 0.3) is 0 Å². The molecule has 1 heterocycles. The minimum absolute atomic E-state index is 0.693. The maximum absolute atomic E-state index is 4.39. The number of nitrogens with zero attached hydrogens (tertiary/aromatic N) is 2. The van der Waals surface area contributed by atoms with Gasteiger partial charge in [-0.2, -0.15) is 0 Å². The molecule has 0 aliphatic heterocycles. The van der Waals surface area contributed by atoms with Gasteiger partial charge in [-0.3, -0.25) is 9.88 Å². The number of rotatable bonds is 8. The predicted octanol–water partition coefficient (Wildman–Crippen LogP) is 2.29. The molecule has 2 rings (SSSR count). The Bertz CT molecular complexity index is 335. The summed E-state index contributed by atoms with van der Waals surface area (Å²) in [6, 6.07) is 6.82. The molecule has 3 nitrogen and oxygen atoms in total. The van der Waals surface area contributed by atoms with Gasteiger partial charge in [-0.05, 0) is 44.4 Å². The summed E-state index contributed by atoms with van der Waals surface area (Å²) >= 11 is 0. The first-order chi connectivity index (χ1) is 8.79. The highest BCUT2D eigenvalue weighted by atomic mass is 15.1. The summed E-state index contributed by atoms with van der Waals surface area (Å²) in [5.74, 6) is 0.941. The van der Waals surface area contributed by atoms with Crippen molar-refractivity contribution < 1.29 is 0 Å². The monoisotopic (exact) mass is 247 g/mol. The van der Waals surface area contributed by atoms with Gasteiger partial charge in [0.05, 0.1) is 5.69 Å². The van der Waals surface area contributed by atoms with Crippen molar-refractivity contribution in [1.29, 1.82) is 0 Å². The zero-order chi connectivity index (χ0) is 12.8. The standard InChI is InChI=1S/C15H25N3/c1-3-18(12-15-6-4-5-9-17-15)11-10-16-13(2)14-7-8-14/h4-6,9,13-14,16H,3,7-8,10-12H2,1-2H3. The molecule has 1 aliphatic rings. The Labute approximate surface area is 111 Å². The van der Waals surface area contributed by atoms with E-state index in [4.69, 9.17) is 0 Å². The van der Waals surface area contributed by atoms with Gasteiger partial charge in [0, 0.05) is 31.9 Å². The molecule has 1 aromatic rings. The average Bonchev–Trinajstić information content (AvgIpc) is 3.23. The fourth-order valence-corrected chi connectivity index (χ4v) is 2.28. The lowest BCUT2D eigenvalue weighted by atomic mass is 10.2. The van der Waals surface area contributed by atoms with Gasteiger partial charge in [-0.15, -0.1) is 0 Å². The molecule has 1 aromatic heterocycles. The predicted molar refractivity (Wildman–Crippen MR) is 75.4 cm³/mol. The summed E-state index contributed by atoms with van der Waals surface area (Å²) in [7, 11) is 0. The molecule has 3 heteroatoms. The third kappa shape index (κ3) is 4.39. The molecule has 0 amide bonds. The number of likely N-dealkylation sites (N-methyl/N-ethyl adjacent to an activating group) is 1. The van der Waals surface area contributed by atoms with Gasteiger partial charge < -0.3 is 5.32 Å². The largest absolute Gasteiger partial charge is 0.313 e. The van der Waals surface area contributed by atoms with Gasteiger partial charge in [0.15, 0.2) is 0 Å². The number of nitrogens with one attached hydrogen (secondary N) is 1. The number of pyridine rings is 1. The summed E-state index contributed by atoms with van der Waals surface area (Å²) in [6.07, 6.45) is 4.70. The summed E-state index contributed by atoms with van der Waals surface area (Å²) in [5.41, 5.74) is 1.16. The van der Waals surface area contributed by atoms with Crippen LogP contribution in [0.25, 0.3) is 0 Å². The van der Waals surface area contributed by atoms with Crippen LogP contribution in [0.3, 0.4) is 0 Å². The van der Waals surface area contributed by atoms with Crippen molar-refractivity contribution in [2.24, 2.45) is 5.92 Å². The van der Waals surface area contributed by atoms with Gasteiger partial charge in [0.2, 0.25) is 0 Å². The van der Waals surface area contributed by atoms with Crippen molar-refractivity contribution in [2.75, 3.05) is 19.6 Å². The summed E-state index contributed by atoms with van der Waals surface area (Å²) in [4.78, 5) is 6.83. The van der Waals surface area contributed by atoms with Crippen LogP contribution in [0.15, 0.2) is 24.4 Å². The number of aromatic nitrogens is 1. The van der Waals surface area contributed by atoms with E-state index in [9.17, 15) is 0 Å². The molecular formula is C15H25N3. The van der Waals surface area contributed by atoms with E-state index < -0.39 is 0 Å². The molecule has 1 N–H and O–H groups in total. The average molecular weight is 247 g/mol. The second kappa shape index (κ2) is 6.86. The Morgan fingerprint density at radius 1 is 1.44 bits per heavy atom. The minimum atomic E-state index is 0.693. The van der Waals surface area contributed by atoms with Crippen molar-refractivity contribution in [1.82, 2.24) is 15.2 Å². The maximum atomic E-state index is 4.39. The van der Waals surface area contributed by atoms with Crippen molar-refractivity contribution in [3.05, 3.63) is 30.1 Å². The highest BCUT2D eigenvalue weighted by Crippen LogP contribution is 2.32. The van der Waals surface area contributed by atoms with E-state index in [1.165, 1.54) is 12.8 Å². The van der Waals surface area contributed by atoms with E-state index in [2.05, 4.69) is 41.2 Å². The third-order valence-corrected chi connectivity index (χ3v) is 3.78. The van der Waals surface area contributed by atoms with Crippen molar-refractivity contribution in [3.8, 4) is 0 Å². The lowest BCUT2D eigenvalue weighted by Crippen LogP contribution is -2.36. The van der Waals surface area contributed by atoms with Crippen LogP contribution in [0.1, 0.15) is 32.4 Å². The molecule has 100 valence electrons. The van der Waals surface area contributed by atoms with Gasteiger partial charge in [-0.1, -0.05) is 13.0 Å². The first-order valence-electron chi connectivity index (χ1n) is 7.15. The molecule has 0 spiro atoms. The Balaban J connectivity index is 1.68. The zero-order valence-electron chi connectivity index (χ0n) is 11.6. The molecule has 0 saturated heterocycles. The highest BCUT2D eigenvalue weighted by Gasteiger charge is 2.27. The van der Waals surface area contributed by atoms with E-state index in [-0.39, 0.29) is 0 Å². The molecule has 1 unspecified atom stereocenters. The number of hydrogen-bond donors (Lipinski definition) is 1. The second-order valence-corrected chi connectivity index (χ2v) is 5.27. The van der Waals surface area contributed by atoms with Crippen LogP contribution < -0.4 is 5.32 Å². The summed E-state index contributed by atoms with van der Waals surface area (Å²) in [6.45, 7) is 8.75. The molecular weight excluding hydrogens is 222 g/mol. The zero-order valence-corrected chi connectivity index (χ0v) is 11.6. The van der Waals surface area contributed by atoms with Gasteiger partial charge >= 0.3 is 0 Å². The van der Waals surface area contributed by atoms with E-state index in [1.54, 1.807) is 0 Å². The van der Waals surface area contributed by atoms with Crippen LogP contribution in [0.5, 0.6) is 0 Å². The lowest BCUT2D eigenvalue weighted by Gasteiger charge is -2.21. The van der Waals surface area contributed by atoms with E-state index in [0.717, 1.165) is 37.8 Å². The molecule has 0 aromatic carbocycles. The first-order valence-corrected chi connectivity index (χ1v) is 7.15. The molecule has 1 fully saturated rings. The summed E-state index contributed by atoms with van der Waals surface area (Å²) < 4.78 is 0. The van der Waals surface area contributed by atoms with Crippen LogP contribution in [-0.2, 0) is 6.54 Å². The molecule has 18 heavy (non-hydrogen) atoms. The molecule has 0 radical (unpaired) electrons. The molecule has 1 saturated carbocycles. The Hall–Kier alpha value is -0.930. The smallest absolute Gasteiger partial charge is 0.0543 e. The Morgan fingerprint density at radius 2 is 2.28 bits per heavy atom. The van der Waals surface area contributed by atoms with Crippen LogP contribution in [0, 0.1) is 5.92 Å². The van der Waals surface area contributed by atoms with Gasteiger partial charge in [-0.25, -0.2) is 0 Å². The maximum Gasteiger partial charge on any atom is 0.0543 e. The highest BCUT2D eigenvalue weighted by molar-refractivity contribution is 5.03. The third-order valence-electron chi connectivity index (χ3n) is 3.78. The van der Waals surface area contributed by atoms with Crippen molar-refractivity contribution in [2.45, 2.75) is 39.3 Å². The van der Waals surface area contributed by atoms with Crippen LogP contribution in [0.2, 0.25) is 0 Å². The van der Waals surface area contributed by atoms with Crippen LogP contribution in [0.4, 0.5) is 0 Å². The minimum Gasteiger partial charge on any atom is -0.313 e. The van der Waals surface area contributed by atoms with Crippen LogP contribution in [-0.4, -0.2) is 35.6 Å². The normalized spacial score (nSPS) is 17.1. The van der Waals surface area contributed by atoms with Crippen molar-refractivity contribution >= 4 is 0 Å². The Kier molecular flexibility index (Phi) is 5.14. The fraction of sp³-hybridized carbons (Fsp3) is 0.667. The van der Waals surface area contributed by atoms with Crippen molar-refractivity contribution in [3.63, 3.8) is 0 Å².